The molecule has 0 aromatic heterocycles. The summed E-state index contributed by atoms with van der Waals surface area (Å²) in [7, 11) is 0. The second-order valence-electron chi connectivity index (χ2n) is 3.26. The molecule has 5 N–H and O–H groups in total. The minimum atomic E-state index is -1.07. The molecule has 0 aliphatic rings. The molecule has 18 heavy (non-hydrogen) atoms. The van der Waals surface area contributed by atoms with E-state index in [0.29, 0.717) is 0 Å². The number of carboxylic acids is 2. The van der Waals surface area contributed by atoms with E-state index < -0.39 is 25.2 Å². The molecule has 0 spiro atoms. The number of nitrogens with zero attached hydrogens (tertiary/aromatic N) is 1. The van der Waals surface area contributed by atoms with Crippen LogP contribution >= 0.6 is 0 Å². The number of nitrogens with one attached hydrogen (secondary N) is 1. The Morgan fingerprint density at radius 2 is 1.44 bits per heavy atom. The quantitative estimate of drug-likeness (QED) is 0.209. The normalized spacial score (nSPS) is 10.0. The number of rotatable bonds is 10. The van der Waals surface area contributed by atoms with E-state index in [4.69, 9.17) is 30.8 Å². The molecule has 9 heteroatoms. The van der Waals surface area contributed by atoms with Crippen LogP contribution < -0.4 is 5.73 Å². The lowest BCUT2D eigenvalue weighted by atomic mass is 10.5. The van der Waals surface area contributed by atoms with Gasteiger partial charge in [-0.2, -0.15) is 0 Å². The predicted octanol–water partition coefficient (Wildman–Crippen LogP) is -1.62. The van der Waals surface area contributed by atoms with Gasteiger partial charge in [0.2, 0.25) is 0 Å². The molecule has 0 atom stereocenters. The zero-order valence-electron chi connectivity index (χ0n) is 9.79. The third-order valence-corrected chi connectivity index (χ3v) is 1.80. The lowest BCUT2D eigenvalue weighted by Crippen LogP contribution is -2.41. The molecule has 0 amide bonds. The Morgan fingerprint density at radius 3 is 1.72 bits per heavy atom. The molecule has 0 heterocycles. The highest BCUT2D eigenvalue weighted by Gasteiger charge is 2.07. The van der Waals surface area contributed by atoms with Gasteiger partial charge in [-0.15, -0.1) is 0 Å². The number of nitrogens with two attached hydrogens (primary N) is 1. The first-order valence-electron chi connectivity index (χ1n) is 5.11. The summed E-state index contributed by atoms with van der Waals surface area (Å²) in [6.07, 6.45) is 0. The Balaban J connectivity index is 3.75. The second-order valence-corrected chi connectivity index (χ2v) is 3.26. The summed E-state index contributed by atoms with van der Waals surface area (Å²) in [5, 5.41) is 23.9. The number of hydrogen-bond donors (Lipinski definition) is 4. The van der Waals surface area contributed by atoms with Gasteiger partial charge in [0.1, 0.15) is 13.2 Å². The first-order chi connectivity index (χ1) is 8.43. The predicted molar refractivity (Wildman–Crippen MR) is 60.4 cm³/mol. The summed E-state index contributed by atoms with van der Waals surface area (Å²) in [4.78, 5) is 21.7. The fourth-order valence-corrected chi connectivity index (χ4v) is 1.02. The average Bonchev–Trinajstić information content (AvgIpc) is 2.25. The number of aliphatic carboxylic acids is 2. The molecule has 0 fully saturated rings. The Kier molecular flexibility index (Phi) is 8.24. The summed E-state index contributed by atoms with van der Waals surface area (Å²) in [6.45, 7) is -0.157. The van der Waals surface area contributed by atoms with Gasteiger partial charge in [0.25, 0.3) is 0 Å². The number of guanidine groups is 1. The molecule has 0 aliphatic carbocycles. The van der Waals surface area contributed by atoms with Gasteiger partial charge in [-0.1, -0.05) is 0 Å². The van der Waals surface area contributed by atoms with Crippen LogP contribution in [0.5, 0.6) is 0 Å². The molecule has 0 saturated carbocycles. The SMILES string of the molecule is N=C(N)N(CCOCC(=O)O)CCOCC(=O)O. The summed E-state index contributed by atoms with van der Waals surface area (Å²) >= 11 is 0. The van der Waals surface area contributed by atoms with Crippen molar-refractivity contribution in [3.05, 3.63) is 0 Å². The van der Waals surface area contributed by atoms with E-state index in [1.165, 1.54) is 4.90 Å². The topological polar surface area (TPSA) is 146 Å². The number of hydrogen-bond acceptors (Lipinski definition) is 5. The molecule has 0 unspecified atom stereocenters. The molecule has 0 radical (unpaired) electrons. The van der Waals surface area contributed by atoms with Crippen molar-refractivity contribution in [1.82, 2.24) is 4.90 Å². The molecule has 0 bridgehead atoms. The Labute approximate surface area is 104 Å². The monoisotopic (exact) mass is 263 g/mol. The van der Waals surface area contributed by atoms with Crippen molar-refractivity contribution in [1.29, 1.82) is 5.41 Å². The van der Waals surface area contributed by atoms with Crippen LogP contribution in [-0.2, 0) is 19.1 Å². The van der Waals surface area contributed by atoms with Crippen LogP contribution in [0.4, 0.5) is 0 Å². The molecule has 0 rings (SSSR count). The maximum atomic E-state index is 10.2. The molecule has 0 saturated heterocycles. The van der Waals surface area contributed by atoms with Crippen molar-refractivity contribution < 1.29 is 29.3 Å². The molecule has 0 aromatic rings. The van der Waals surface area contributed by atoms with E-state index in [-0.39, 0.29) is 32.3 Å². The number of carboxylic acid groups (broad SMARTS) is 2. The van der Waals surface area contributed by atoms with Crippen LogP contribution in [0.15, 0.2) is 0 Å². The lowest BCUT2D eigenvalue weighted by molar-refractivity contribution is -0.142. The van der Waals surface area contributed by atoms with E-state index in [1.807, 2.05) is 0 Å². The largest absolute Gasteiger partial charge is 0.480 e. The second kappa shape index (κ2) is 9.19. The van der Waals surface area contributed by atoms with Crippen molar-refractivity contribution in [3.63, 3.8) is 0 Å². The molecule has 0 aromatic carbocycles. The highest BCUT2D eigenvalue weighted by molar-refractivity contribution is 5.74. The van der Waals surface area contributed by atoms with E-state index in [1.54, 1.807) is 0 Å². The van der Waals surface area contributed by atoms with Crippen LogP contribution in [0.2, 0.25) is 0 Å². The van der Waals surface area contributed by atoms with Crippen LogP contribution in [0.1, 0.15) is 0 Å². The molecular weight excluding hydrogens is 246 g/mol. The molecular formula is C9H17N3O6. The molecule has 104 valence electrons. The zero-order valence-corrected chi connectivity index (χ0v) is 9.79. The van der Waals surface area contributed by atoms with Gasteiger partial charge in [-0.25, -0.2) is 9.59 Å². The summed E-state index contributed by atoms with van der Waals surface area (Å²) in [5.41, 5.74) is 5.29. The van der Waals surface area contributed by atoms with E-state index in [9.17, 15) is 9.59 Å². The van der Waals surface area contributed by atoms with Gasteiger partial charge in [-0.3, -0.25) is 5.41 Å². The van der Waals surface area contributed by atoms with Crippen LogP contribution in [-0.4, -0.2) is 72.5 Å². The van der Waals surface area contributed by atoms with E-state index in [0.717, 1.165) is 0 Å². The Bertz CT molecular complexity index is 274. The third kappa shape index (κ3) is 9.36. The van der Waals surface area contributed by atoms with Crippen LogP contribution in [0.25, 0.3) is 0 Å². The smallest absolute Gasteiger partial charge is 0.329 e. The van der Waals surface area contributed by atoms with Crippen LogP contribution in [0.3, 0.4) is 0 Å². The van der Waals surface area contributed by atoms with Crippen molar-refractivity contribution in [2.24, 2.45) is 5.73 Å². The van der Waals surface area contributed by atoms with Crippen molar-refractivity contribution in [2.75, 3.05) is 39.5 Å². The van der Waals surface area contributed by atoms with Gasteiger partial charge in [0.05, 0.1) is 13.2 Å². The highest BCUT2D eigenvalue weighted by atomic mass is 16.5. The molecule has 0 aliphatic heterocycles. The fourth-order valence-electron chi connectivity index (χ4n) is 1.02. The van der Waals surface area contributed by atoms with Crippen LogP contribution in [0, 0.1) is 5.41 Å². The van der Waals surface area contributed by atoms with Gasteiger partial charge in [0.15, 0.2) is 5.96 Å². The number of carbonyl (C=O) groups is 2. The van der Waals surface area contributed by atoms with Crippen molar-refractivity contribution in [2.45, 2.75) is 0 Å². The molecule has 9 nitrogen and oxygen atoms in total. The summed E-state index contributed by atoms with van der Waals surface area (Å²) in [5.74, 6) is -2.36. The summed E-state index contributed by atoms with van der Waals surface area (Å²) < 4.78 is 9.58. The minimum Gasteiger partial charge on any atom is -0.480 e. The van der Waals surface area contributed by atoms with Gasteiger partial charge >= 0.3 is 11.9 Å². The highest BCUT2D eigenvalue weighted by Crippen LogP contribution is 1.89. The van der Waals surface area contributed by atoms with E-state index >= 15 is 0 Å². The third-order valence-electron chi connectivity index (χ3n) is 1.80. The Morgan fingerprint density at radius 1 is 1.06 bits per heavy atom. The van der Waals surface area contributed by atoms with E-state index in [2.05, 4.69) is 0 Å². The standard InChI is InChI=1S/C9H17N3O6/c10-9(11)12(1-3-17-5-7(13)14)2-4-18-6-8(15)16/h1-6H2,(H3,10,11)(H,13,14)(H,15,16). The Hall–Kier alpha value is -1.87. The van der Waals surface area contributed by atoms with Gasteiger partial charge in [0, 0.05) is 13.1 Å². The summed E-state index contributed by atoms with van der Waals surface area (Å²) in [6, 6.07) is 0. The maximum Gasteiger partial charge on any atom is 0.329 e. The minimum absolute atomic E-state index is 0.102. The first-order valence-corrected chi connectivity index (χ1v) is 5.11. The first kappa shape index (κ1) is 16.1. The number of ether oxygens (including phenoxy) is 2. The van der Waals surface area contributed by atoms with Gasteiger partial charge < -0.3 is 30.3 Å². The van der Waals surface area contributed by atoms with Gasteiger partial charge in [-0.05, 0) is 0 Å². The maximum absolute atomic E-state index is 10.2. The fraction of sp³-hybridized carbons (Fsp3) is 0.667. The van der Waals surface area contributed by atoms with Crippen molar-refractivity contribution in [3.8, 4) is 0 Å². The average molecular weight is 263 g/mol. The van der Waals surface area contributed by atoms with Crippen molar-refractivity contribution >= 4 is 17.9 Å². The lowest BCUT2D eigenvalue weighted by Gasteiger charge is -2.21. The zero-order chi connectivity index (χ0) is 14.0.